The van der Waals surface area contributed by atoms with Gasteiger partial charge < -0.3 is 0 Å². The molecular weight excluding hydrogens is 206 g/mol. The number of rotatable bonds is 4. The summed E-state index contributed by atoms with van der Waals surface area (Å²) in [6.45, 7) is 5.84. The second-order valence-corrected chi connectivity index (χ2v) is 5.77. The van der Waals surface area contributed by atoms with Crippen LogP contribution >= 0.6 is 0 Å². The lowest BCUT2D eigenvalue weighted by Gasteiger charge is -2.33. The Hall–Kier alpha value is -0.820. The van der Waals surface area contributed by atoms with Gasteiger partial charge in [-0.1, -0.05) is 38.1 Å². The molecule has 1 atom stereocenters. The van der Waals surface area contributed by atoms with Crippen molar-refractivity contribution in [2.75, 3.05) is 13.6 Å². The van der Waals surface area contributed by atoms with Crippen LogP contribution in [0.5, 0.6) is 0 Å². The van der Waals surface area contributed by atoms with Crippen molar-refractivity contribution >= 4 is 0 Å². The Morgan fingerprint density at radius 3 is 2.82 bits per heavy atom. The van der Waals surface area contributed by atoms with E-state index in [2.05, 4.69) is 50.1 Å². The maximum atomic E-state index is 2.55. The maximum absolute atomic E-state index is 2.55. The van der Waals surface area contributed by atoms with Crippen molar-refractivity contribution in [1.29, 1.82) is 0 Å². The van der Waals surface area contributed by atoms with Crippen molar-refractivity contribution in [2.45, 2.75) is 45.6 Å². The SMILES string of the molecule is CC(C)CCN(C)C1CCCc2ccccc21. The van der Waals surface area contributed by atoms with Crippen molar-refractivity contribution in [3.05, 3.63) is 35.4 Å². The number of fused-ring (bicyclic) bond motifs is 1. The molecule has 0 saturated carbocycles. The molecule has 0 saturated heterocycles. The first-order valence-electron chi connectivity index (χ1n) is 6.96. The lowest BCUT2D eigenvalue weighted by molar-refractivity contribution is 0.210. The lowest BCUT2D eigenvalue weighted by Crippen LogP contribution is -2.29. The first-order valence-corrected chi connectivity index (χ1v) is 6.96. The molecule has 2 rings (SSSR count). The van der Waals surface area contributed by atoms with Gasteiger partial charge in [-0.15, -0.1) is 0 Å². The van der Waals surface area contributed by atoms with Crippen LogP contribution in [-0.2, 0) is 6.42 Å². The number of benzene rings is 1. The Morgan fingerprint density at radius 1 is 1.29 bits per heavy atom. The Balaban J connectivity index is 2.07. The van der Waals surface area contributed by atoms with Crippen molar-refractivity contribution in [3.63, 3.8) is 0 Å². The van der Waals surface area contributed by atoms with Gasteiger partial charge in [0.1, 0.15) is 0 Å². The third-order valence-corrected chi connectivity index (χ3v) is 3.93. The largest absolute Gasteiger partial charge is 0.299 e. The van der Waals surface area contributed by atoms with Gasteiger partial charge in [-0.05, 0) is 56.3 Å². The summed E-state index contributed by atoms with van der Waals surface area (Å²) < 4.78 is 0. The summed E-state index contributed by atoms with van der Waals surface area (Å²) in [5.41, 5.74) is 3.14. The molecule has 94 valence electrons. The quantitative estimate of drug-likeness (QED) is 0.756. The van der Waals surface area contributed by atoms with E-state index in [4.69, 9.17) is 0 Å². The molecule has 1 aromatic carbocycles. The molecule has 0 bridgehead atoms. The van der Waals surface area contributed by atoms with Crippen molar-refractivity contribution in [3.8, 4) is 0 Å². The first-order chi connectivity index (χ1) is 8.18. The van der Waals surface area contributed by atoms with Crippen LogP contribution in [0.25, 0.3) is 0 Å². The molecule has 0 spiro atoms. The molecule has 0 fully saturated rings. The van der Waals surface area contributed by atoms with Crippen molar-refractivity contribution in [1.82, 2.24) is 4.90 Å². The van der Waals surface area contributed by atoms with Gasteiger partial charge in [0.15, 0.2) is 0 Å². The zero-order valence-electron chi connectivity index (χ0n) is 11.4. The molecule has 1 heteroatoms. The molecule has 1 aliphatic carbocycles. The average Bonchev–Trinajstić information content (AvgIpc) is 2.35. The van der Waals surface area contributed by atoms with Gasteiger partial charge in [0, 0.05) is 6.04 Å². The molecule has 1 unspecified atom stereocenters. The summed E-state index contributed by atoms with van der Waals surface area (Å²) in [6, 6.07) is 9.64. The summed E-state index contributed by atoms with van der Waals surface area (Å²) >= 11 is 0. The highest BCUT2D eigenvalue weighted by molar-refractivity contribution is 5.32. The van der Waals surface area contributed by atoms with Gasteiger partial charge in [-0.25, -0.2) is 0 Å². The van der Waals surface area contributed by atoms with Crippen molar-refractivity contribution < 1.29 is 0 Å². The van der Waals surface area contributed by atoms with E-state index in [1.807, 2.05) is 0 Å². The topological polar surface area (TPSA) is 3.24 Å². The molecule has 0 radical (unpaired) electrons. The highest BCUT2D eigenvalue weighted by Gasteiger charge is 2.22. The summed E-state index contributed by atoms with van der Waals surface area (Å²) in [6.07, 6.45) is 5.24. The highest BCUT2D eigenvalue weighted by atomic mass is 15.1. The Labute approximate surface area is 106 Å². The maximum Gasteiger partial charge on any atom is 0.0347 e. The Kier molecular flexibility index (Phi) is 4.22. The van der Waals surface area contributed by atoms with Gasteiger partial charge in [-0.3, -0.25) is 4.90 Å². The van der Waals surface area contributed by atoms with Crippen LogP contribution in [0.1, 0.15) is 50.3 Å². The zero-order valence-corrected chi connectivity index (χ0v) is 11.4. The predicted molar refractivity (Wildman–Crippen MR) is 74.2 cm³/mol. The number of nitrogens with zero attached hydrogens (tertiary/aromatic N) is 1. The second-order valence-electron chi connectivity index (χ2n) is 5.77. The highest BCUT2D eigenvalue weighted by Crippen LogP contribution is 2.33. The van der Waals surface area contributed by atoms with Crippen LogP contribution in [0, 0.1) is 5.92 Å². The van der Waals surface area contributed by atoms with Crippen LogP contribution in [0.4, 0.5) is 0 Å². The Bertz CT molecular complexity index is 356. The third kappa shape index (κ3) is 3.10. The van der Waals surface area contributed by atoms with Gasteiger partial charge in [0.2, 0.25) is 0 Å². The fourth-order valence-electron chi connectivity index (χ4n) is 2.80. The van der Waals surface area contributed by atoms with Crippen LogP contribution in [-0.4, -0.2) is 18.5 Å². The smallest absolute Gasteiger partial charge is 0.0347 e. The molecule has 17 heavy (non-hydrogen) atoms. The molecule has 1 nitrogen and oxygen atoms in total. The molecule has 0 N–H and O–H groups in total. The minimum absolute atomic E-state index is 0.652. The van der Waals surface area contributed by atoms with Crippen LogP contribution < -0.4 is 0 Å². The monoisotopic (exact) mass is 231 g/mol. The van der Waals surface area contributed by atoms with E-state index in [1.165, 1.54) is 32.2 Å². The third-order valence-electron chi connectivity index (χ3n) is 3.93. The summed E-state index contributed by atoms with van der Waals surface area (Å²) in [5.74, 6) is 0.802. The van der Waals surface area contributed by atoms with E-state index in [0.29, 0.717) is 6.04 Å². The van der Waals surface area contributed by atoms with Crippen LogP contribution in [0.2, 0.25) is 0 Å². The van der Waals surface area contributed by atoms with E-state index < -0.39 is 0 Å². The molecule has 0 aliphatic heterocycles. The molecule has 0 heterocycles. The van der Waals surface area contributed by atoms with Gasteiger partial charge in [-0.2, -0.15) is 0 Å². The van der Waals surface area contributed by atoms with Crippen molar-refractivity contribution in [2.24, 2.45) is 5.92 Å². The summed E-state index contributed by atoms with van der Waals surface area (Å²) in [7, 11) is 2.29. The molecule has 1 aromatic rings. The fourth-order valence-corrected chi connectivity index (χ4v) is 2.80. The van der Waals surface area contributed by atoms with E-state index in [9.17, 15) is 0 Å². The second kappa shape index (κ2) is 5.68. The minimum Gasteiger partial charge on any atom is -0.299 e. The number of hydrogen-bond acceptors (Lipinski definition) is 1. The standard InChI is InChI=1S/C16H25N/c1-13(2)11-12-17(3)16-10-6-8-14-7-4-5-9-15(14)16/h4-5,7,9,13,16H,6,8,10-12H2,1-3H3. The van der Waals surface area contributed by atoms with Gasteiger partial charge in [0.05, 0.1) is 0 Å². The van der Waals surface area contributed by atoms with Gasteiger partial charge in [0.25, 0.3) is 0 Å². The summed E-state index contributed by atoms with van der Waals surface area (Å²) in [4.78, 5) is 2.55. The molecule has 1 aliphatic rings. The van der Waals surface area contributed by atoms with E-state index in [0.717, 1.165) is 5.92 Å². The fraction of sp³-hybridized carbons (Fsp3) is 0.625. The number of hydrogen-bond donors (Lipinski definition) is 0. The average molecular weight is 231 g/mol. The lowest BCUT2D eigenvalue weighted by atomic mass is 9.87. The van der Waals surface area contributed by atoms with Crippen LogP contribution in [0.3, 0.4) is 0 Å². The van der Waals surface area contributed by atoms with Crippen LogP contribution in [0.15, 0.2) is 24.3 Å². The number of aryl methyl sites for hydroxylation is 1. The predicted octanol–water partition coefficient (Wildman–Crippen LogP) is 4.04. The molecule has 0 amide bonds. The molecule has 0 aromatic heterocycles. The van der Waals surface area contributed by atoms with E-state index in [1.54, 1.807) is 11.1 Å². The van der Waals surface area contributed by atoms with E-state index >= 15 is 0 Å². The van der Waals surface area contributed by atoms with Gasteiger partial charge >= 0.3 is 0 Å². The first kappa shape index (κ1) is 12.6. The Morgan fingerprint density at radius 2 is 2.06 bits per heavy atom. The van der Waals surface area contributed by atoms with E-state index in [-0.39, 0.29) is 0 Å². The summed E-state index contributed by atoms with van der Waals surface area (Å²) in [5, 5.41) is 0. The zero-order chi connectivity index (χ0) is 12.3. The minimum atomic E-state index is 0.652. The molecular formula is C16H25N. The normalized spacial score (nSPS) is 19.7.